The molecule has 0 saturated heterocycles. The van der Waals surface area contributed by atoms with Crippen molar-refractivity contribution in [2.45, 2.75) is 0 Å². The highest BCUT2D eigenvalue weighted by Gasteiger charge is 2.07. The van der Waals surface area contributed by atoms with E-state index in [1.165, 1.54) is 27.9 Å². The number of fused-ring (bicyclic) bond motifs is 5. The van der Waals surface area contributed by atoms with Crippen LogP contribution in [0.5, 0.6) is 0 Å². The summed E-state index contributed by atoms with van der Waals surface area (Å²) in [5, 5.41) is 4.83. The van der Waals surface area contributed by atoms with Crippen molar-refractivity contribution in [3.63, 3.8) is 0 Å². The topological polar surface area (TPSA) is 26.0 Å². The molecule has 0 aliphatic carbocycles. The Hall–Kier alpha value is -2.35. The van der Waals surface area contributed by atoms with Crippen LogP contribution in [-0.2, 0) is 0 Å². The molecule has 2 heteroatoms. The van der Waals surface area contributed by atoms with E-state index in [0.29, 0.717) is 0 Å². The zero-order chi connectivity index (χ0) is 11.2. The Balaban J connectivity index is 2.41. The molecule has 1 heterocycles. The van der Waals surface area contributed by atoms with Crippen molar-refractivity contribution >= 4 is 32.6 Å². The van der Waals surface area contributed by atoms with E-state index in [1.54, 1.807) is 0 Å². The summed E-state index contributed by atoms with van der Waals surface area (Å²) in [5.74, 6) is 0. The van der Waals surface area contributed by atoms with Gasteiger partial charge in [-0.05, 0) is 22.2 Å². The van der Waals surface area contributed by atoms with Gasteiger partial charge in [-0.15, -0.1) is 0 Å². The van der Waals surface area contributed by atoms with Crippen LogP contribution in [0.4, 0.5) is 0 Å². The largest absolute Gasteiger partial charge is 0.443 e. The van der Waals surface area contributed by atoms with Crippen LogP contribution in [0.15, 0.2) is 59.3 Å². The molecule has 0 aliphatic rings. The Morgan fingerprint density at radius 2 is 1.65 bits per heavy atom. The molecule has 80 valence electrons. The second-order valence-corrected chi connectivity index (χ2v) is 4.15. The van der Waals surface area contributed by atoms with Gasteiger partial charge in [0.05, 0.1) is 0 Å². The molecule has 0 bridgehead atoms. The van der Waals surface area contributed by atoms with E-state index < -0.39 is 0 Å². The van der Waals surface area contributed by atoms with Crippen molar-refractivity contribution in [3.05, 3.63) is 54.9 Å². The lowest BCUT2D eigenvalue weighted by atomic mass is 10.0. The van der Waals surface area contributed by atoms with Crippen molar-refractivity contribution in [2.24, 2.45) is 0 Å². The molecule has 4 rings (SSSR count). The summed E-state index contributed by atoms with van der Waals surface area (Å²) in [6, 6.07) is 16.7. The van der Waals surface area contributed by atoms with Gasteiger partial charge in [0.2, 0.25) is 0 Å². The average Bonchev–Trinajstić information content (AvgIpc) is 2.86. The molecule has 0 aliphatic heterocycles. The first kappa shape index (κ1) is 8.76. The first-order valence-electron chi connectivity index (χ1n) is 5.57. The standard InChI is InChI=1S/C15H9NO/c1-2-4-12-10(3-1)5-6-11-7-8-13-15(14(11)12)16-9-17-13/h1-9H. The van der Waals surface area contributed by atoms with Gasteiger partial charge in [-0.3, -0.25) is 0 Å². The molecule has 0 N–H and O–H groups in total. The summed E-state index contributed by atoms with van der Waals surface area (Å²) in [6.07, 6.45) is 1.51. The van der Waals surface area contributed by atoms with Gasteiger partial charge in [-0.2, -0.15) is 0 Å². The van der Waals surface area contributed by atoms with E-state index in [2.05, 4.69) is 47.4 Å². The van der Waals surface area contributed by atoms with Gasteiger partial charge in [-0.1, -0.05) is 42.5 Å². The minimum atomic E-state index is 0.842. The number of hydrogen-bond donors (Lipinski definition) is 0. The number of hydrogen-bond acceptors (Lipinski definition) is 2. The minimum absolute atomic E-state index is 0.842. The molecule has 0 fully saturated rings. The molecule has 0 atom stereocenters. The van der Waals surface area contributed by atoms with Crippen LogP contribution in [0.3, 0.4) is 0 Å². The third-order valence-electron chi connectivity index (χ3n) is 3.21. The first-order chi connectivity index (χ1) is 8.43. The van der Waals surface area contributed by atoms with Crippen molar-refractivity contribution in [3.8, 4) is 0 Å². The summed E-state index contributed by atoms with van der Waals surface area (Å²) in [7, 11) is 0. The fraction of sp³-hybridized carbons (Fsp3) is 0. The van der Waals surface area contributed by atoms with Gasteiger partial charge >= 0.3 is 0 Å². The normalized spacial score (nSPS) is 11.5. The molecular formula is C15H9NO. The van der Waals surface area contributed by atoms with E-state index in [0.717, 1.165) is 11.1 Å². The van der Waals surface area contributed by atoms with E-state index in [4.69, 9.17) is 4.42 Å². The zero-order valence-corrected chi connectivity index (χ0v) is 9.05. The minimum Gasteiger partial charge on any atom is -0.443 e. The highest BCUT2D eigenvalue weighted by atomic mass is 16.3. The molecule has 3 aromatic carbocycles. The summed E-state index contributed by atoms with van der Waals surface area (Å²) >= 11 is 0. The van der Waals surface area contributed by atoms with Crippen LogP contribution in [0, 0.1) is 0 Å². The van der Waals surface area contributed by atoms with Crippen LogP contribution in [0.2, 0.25) is 0 Å². The third-order valence-corrected chi connectivity index (χ3v) is 3.21. The predicted octanol–water partition coefficient (Wildman–Crippen LogP) is 4.13. The maximum atomic E-state index is 5.36. The predicted molar refractivity (Wildman–Crippen MR) is 69.0 cm³/mol. The number of rotatable bonds is 0. The smallest absolute Gasteiger partial charge is 0.182 e. The maximum absolute atomic E-state index is 5.36. The van der Waals surface area contributed by atoms with Gasteiger partial charge in [0, 0.05) is 5.39 Å². The molecule has 0 radical (unpaired) electrons. The number of aromatic nitrogens is 1. The Kier molecular flexibility index (Phi) is 1.59. The average molecular weight is 219 g/mol. The molecule has 4 aromatic rings. The summed E-state index contributed by atoms with van der Waals surface area (Å²) < 4.78 is 5.36. The molecule has 17 heavy (non-hydrogen) atoms. The Bertz CT molecular complexity index is 845. The molecular weight excluding hydrogens is 210 g/mol. The second kappa shape index (κ2) is 3.08. The number of benzene rings is 3. The van der Waals surface area contributed by atoms with Crippen molar-refractivity contribution in [2.75, 3.05) is 0 Å². The van der Waals surface area contributed by atoms with E-state index >= 15 is 0 Å². The van der Waals surface area contributed by atoms with Gasteiger partial charge < -0.3 is 4.42 Å². The van der Waals surface area contributed by atoms with Crippen molar-refractivity contribution in [1.82, 2.24) is 4.98 Å². The van der Waals surface area contributed by atoms with Gasteiger partial charge in [-0.25, -0.2) is 4.98 Å². The van der Waals surface area contributed by atoms with Gasteiger partial charge in [0.25, 0.3) is 0 Å². The third kappa shape index (κ3) is 1.12. The van der Waals surface area contributed by atoms with Crippen molar-refractivity contribution < 1.29 is 4.42 Å². The van der Waals surface area contributed by atoms with Crippen LogP contribution < -0.4 is 0 Å². The number of oxazole rings is 1. The summed E-state index contributed by atoms with van der Waals surface area (Å²) in [5.41, 5.74) is 1.79. The fourth-order valence-electron chi connectivity index (χ4n) is 2.42. The highest BCUT2D eigenvalue weighted by Crippen LogP contribution is 2.30. The summed E-state index contributed by atoms with van der Waals surface area (Å²) in [4.78, 5) is 4.33. The van der Waals surface area contributed by atoms with Crippen LogP contribution in [0.1, 0.15) is 0 Å². The van der Waals surface area contributed by atoms with Gasteiger partial charge in [0.1, 0.15) is 5.52 Å². The lowest BCUT2D eigenvalue weighted by Gasteiger charge is -2.03. The quantitative estimate of drug-likeness (QED) is 0.415. The SMILES string of the molecule is c1ccc2c(c1)ccc1ccc3ocnc3c12. The van der Waals surface area contributed by atoms with E-state index in [9.17, 15) is 0 Å². The fourth-order valence-corrected chi connectivity index (χ4v) is 2.42. The maximum Gasteiger partial charge on any atom is 0.182 e. The highest BCUT2D eigenvalue weighted by molar-refractivity contribution is 6.17. The van der Waals surface area contributed by atoms with Crippen molar-refractivity contribution in [1.29, 1.82) is 0 Å². The Labute approximate surface area is 97.5 Å². The van der Waals surface area contributed by atoms with E-state index in [1.807, 2.05) is 6.07 Å². The van der Waals surface area contributed by atoms with Crippen LogP contribution in [-0.4, -0.2) is 4.98 Å². The zero-order valence-electron chi connectivity index (χ0n) is 9.05. The molecule has 0 amide bonds. The molecule has 0 spiro atoms. The number of nitrogens with zero attached hydrogens (tertiary/aromatic N) is 1. The molecule has 0 saturated carbocycles. The van der Waals surface area contributed by atoms with E-state index in [-0.39, 0.29) is 0 Å². The monoisotopic (exact) mass is 219 g/mol. The van der Waals surface area contributed by atoms with Crippen LogP contribution in [0.25, 0.3) is 32.6 Å². The second-order valence-electron chi connectivity index (χ2n) is 4.15. The molecule has 0 unspecified atom stereocenters. The summed E-state index contributed by atoms with van der Waals surface area (Å²) in [6.45, 7) is 0. The van der Waals surface area contributed by atoms with Crippen LogP contribution >= 0.6 is 0 Å². The molecule has 2 nitrogen and oxygen atoms in total. The Morgan fingerprint density at radius 1 is 0.824 bits per heavy atom. The Morgan fingerprint density at radius 3 is 2.65 bits per heavy atom. The lowest BCUT2D eigenvalue weighted by Crippen LogP contribution is -1.79. The van der Waals surface area contributed by atoms with Gasteiger partial charge in [0.15, 0.2) is 12.0 Å². The molecule has 1 aromatic heterocycles. The lowest BCUT2D eigenvalue weighted by molar-refractivity contribution is 0.602. The first-order valence-corrected chi connectivity index (χ1v) is 5.57.